The highest BCUT2D eigenvalue weighted by atomic mass is 32.2. The molecule has 0 aliphatic heterocycles. The number of hydrogen-bond acceptors (Lipinski definition) is 6. The predicted octanol–water partition coefficient (Wildman–Crippen LogP) is 5.05. The molecule has 27 heavy (non-hydrogen) atoms. The molecule has 2 aromatic heterocycles. The van der Waals surface area contributed by atoms with Crippen molar-refractivity contribution in [2.75, 3.05) is 5.32 Å². The highest BCUT2D eigenvalue weighted by molar-refractivity contribution is 8.00. The number of amides is 1. The van der Waals surface area contributed by atoms with E-state index in [1.807, 2.05) is 31.2 Å². The minimum atomic E-state index is -0.383. The summed E-state index contributed by atoms with van der Waals surface area (Å²) < 4.78 is 10.9. The van der Waals surface area contributed by atoms with E-state index < -0.39 is 0 Å². The summed E-state index contributed by atoms with van der Waals surface area (Å²) in [5.41, 5.74) is 2.82. The minimum absolute atomic E-state index is 0.0781. The van der Waals surface area contributed by atoms with E-state index in [0.717, 1.165) is 11.3 Å². The normalized spacial score (nSPS) is 12.8. The van der Waals surface area contributed by atoms with Crippen molar-refractivity contribution in [3.05, 3.63) is 47.9 Å². The van der Waals surface area contributed by atoms with Gasteiger partial charge in [-0.1, -0.05) is 44.7 Å². The molecule has 1 unspecified atom stereocenters. The van der Waals surface area contributed by atoms with Crippen LogP contribution in [0.25, 0.3) is 11.5 Å². The molecule has 0 spiro atoms. The van der Waals surface area contributed by atoms with Gasteiger partial charge in [0.1, 0.15) is 5.76 Å². The molecule has 142 valence electrons. The van der Waals surface area contributed by atoms with Crippen molar-refractivity contribution < 1.29 is 13.6 Å². The first-order valence-corrected chi connectivity index (χ1v) is 9.58. The largest absolute Gasteiger partial charge is 0.469 e. The minimum Gasteiger partial charge on any atom is -0.469 e. The predicted molar refractivity (Wildman–Crippen MR) is 106 cm³/mol. The molecule has 0 radical (unpaired) electrons. The number of benzene rings is 1. The van der Waals surface area contributed by atoms with Crippen LogP contribution in [-0.2, 0) is 10.2 Å². The van der Waals surface area contributed by atoms with Gasteiger partial charge >= 0.3 is 0 Å². The summed E-state index contributed by atoms with van der Waals surface area (Å²) in [4.78, 5) is 12.5. The number of anilines is 1. The summed E-state index contributed by atoms with van der Waals surface area (Å²) in [6.45, 7) is 10.1. The fraction of sp³-hybridized carbons (Fsp3) is 0.350. The molecule has 0 bridgehead atoms. The van der Waals surface area contributed by atoms with Crippen LogP contribution >= 0.6 is 11.8 Å². The average molecular weight is 385 g/mol. The second-order valence-electron chi connectivity index (χ2n) is 7.34. The van der Waals surface area contributed by atoms with Crippen LogP contribution in [0.3, 0.4) is 0 Å². The van der Waals surface area contributed by atoms with Crippen molar-refractivity contribution in [2.24, 2.45) is 0 Å². The fourth-order valence-corrected chi connectivity index (χ4v) is 3.16. The zero-order chi connectivity index (χ0) is 19.6. The van der Waals surface area contributed by atoms with Gasteiger partial charge in [0.15, 0.2) is 0 Å². The van der Waals surface area contributed by atoms with Crippen LogP contribution in [0.5, 0.6) is 0 Å². The fourth-order valence-electron chi connectivity index (χ4n) is 2.48. The van der Waals surface area contributed by atoms with Crippen LogP contribution in [0, 0.1) is 6.92 Å². The van der Waals surface area contributed by atoms with Gasteiger partial charge in [0, 0.05) is 5.69 Å². The summed E-state index contributed by atoms with van der Waals surface area (Å²) in [6.07, 6.45) is 1.57. The van der Waals surface area contributed by atoms with E-state index in [1.165, 1.54) is 17.3 Å². The van der Waals surface area contributed by atoms with Gasteiger partial charge in [0.2, 0.25) is 5.91 Å². The molecule has 1 aromatic carbocycles. The van der Waals surface area contributed by atoms with Crippen molar-refractivity contribution in [1.29, 1.82) is 0 Å². The number of carbonyl (C=O) groups is 1. The maximum Gasteiger partial charge on any atom is 0.277 e. The number of hydrogen-bond donors (Lipinski definition) is 1. The topological polar surface area (TPSA) is 81.2 Å². The quantitative estimate of drug-likeness (QED) is 0.619. The number of nitrogens with one attached hydrogen (secondary N) is 1. The van der Waals surface area contributed by atoms with Crippen molar-refractivity contribution in [1.82, 2.24) is 10.2 Å². The van der Waals surface area contributed by atoms with E-state index in [2.05, 4.69) is 36.3 Å². The smallest absolute Gasteiger partial charge is 0.277 e. The first-order valence-electron chi connectivity index (χ1n) is 8.70. The van der Waals surface area contributed by atoms with E-state index >= 15 is 0 Å². The van der Waals surface area contributed by atoms with Gasteiger partial charge in [-0.25, -0.2) is 0 Å². The highest BCUT2D eigenvalue weighted by Crippen LogP contribution is 2.29. The standard InChI is InChI=1S/C20H23N3O3S/c1-12-16(10-11-25-12)18-22-23-19(26-18)27-13(2)17(24)21-15-8-6-14(7-9-15)20(3,4)5/h6-11,13H,1-5H3,(H,21,24). The van der Waals surface area contributed by atoms with Gasteiger partial charge in [0.25, 0.3) is 11.1 Å². The van der Waals surface area contributed by atoms with E-state index in [-0.39, 0.29) is 16.6 Å². The molecule has 7 heteroatoms. The zero-order valence-corrected chi connectivity index (χ0v) is 16.9. The molecule has 0 aliphatic carbocycles. The second-order valence-corrected chi connectivity index (χ2v) is 8.63. The summed E-state index contributed by atoms with van der Waals surface area (Å²) in [6, 6.07) is 9.68. The lowest BCUT2D eigenvalue weighted by Gasteiger charge is -2.19. The summed E-state index contributed by atoms with van der Waals surface area (Å²) in [5.74, 6) is 0.969. The number of aromatic nitrogens is 2. The SMILES string of the molecule is Cc1occc1-c1nnc(SC(C)C(=O)Nc2ccc(C(C)(C)C)cc2)o1. The monoisotopic (exact) mass is 385 g/mol. The Labute approximate surface area is 162 Å². The van der Waals surface area contributed by atoms with E-state index in [9.17, 15) is 4.79 Å². The molecule has 1 atom stereocenters. The number of thioether (sulfide) groups is 1. The number of carbonyl (C=O) groups excluding carboxylic acids is 1. The maximum atomic E-state index is 12.5. The Bertz CT molecular complexity index is 923. The molecule has 1 N–H and O–H groups in total. The summed E-state index contributed by atoms with van der Waals surface area (Å²) in [5, 5.41) is 10.9. The van der Waals surface area contributed by atoms with Crippen molar-refractivity contribution in [3.63, 3.8) is 0 Å². The van der Waals surface area contributed by atoms with Gasteiger partial charge in [-0.15, -0.1) is 10.2 Å². The lowest BCUT2D eigenvalue weighted by Crippen LogP contribution is -2.22. The molecule has 1 amide bonds. The Morgan fingerprint density at radius 1 is 1.15 bits per heavy atom. The van der Waals surface area contributed by atoms with Gasteiger partial charge in [-0.05, 0) is 43.0 Å². The summed E-state index contributed by atoms with van der Waals surface area (Å²) >= 11 is 1.22. The van der Waals surface area contributed by atoms with Crippen LogP contribution in [0.4, 0.5) is 5.69 Å². The molecule has 0 saturated carbocycles. The molecule has 3 aromatic rings. The number of furan rings is 1. The summed E-state index contributed by atoms with van der Waals surface area (Å²) in [7, 11) is 0. The second kappa shape index (κ2) is 7.60. The van der Waals surface area contributed by atoms with Gasteiger partial charge < -0.3 is 14.2 Å². The molecule has 6 nitrogen and oxygen atoms in total. The van der Waals surface area contributed by atoms with Gasteiger partial charge in [-0.3, -0.25) is 4.79 Å². The molecular formula is C20H23N3O3S. The number of rotatable bonds is 5. The van der Waals surface area contributed by atoms with E-state index in [4.69, 9.17) is 8.83 Å². The molecule has 2 heterocycles. The molecular weight excluding hydrogens is 362 g/mol. The van der Waals surface area contributed by atoms with Crippen LogP contribution < -0.4 is 5.32 Å². The number of aryl methyl sites for hydroxylation is 1. The third kappa shape index (κ3) is 4.60. The third-order valence-electron chi connectivity index (χ3n) is 4.16. The van der Waals surface area contributed by atoms with Gasteiger partial charge in [-0.2, -0.15) is 0 Å². The Hall–Kier alpha value is -2.54. The number of nitrogens with zero attached hydrogens (tertiary/aromatic N) is 2. The highest BCUT2D eigenvalue weighted by Gasteiger charge is 2.20. The van der Waals surface area contributed by atoms with Crippen LogP contribution in [-0.4, -0.2) is 21.4 Å². The Kier molecular flexibility index (Phi) is 5.41. The first-order chi connectivity index (χ1) is 12.7. The molecule has 0 fully saturated rings. The first kappa shape index (κ1) is 19.2. The molecule has 3 rings (SSSR count). The van der Waals surface area contributed by atoms with Crippen LogP contribution in [0.1, 0.15) is 39.0 Å². The van der Waals surface area contributed by atoms with Crippen molar-refractivity contribution in [2.45, 2.75) is 50.5 Å². The Morgan fingerprint density at radius 2 is 1.85 bits per heavy atom. The average Bonchev–Trinajstić information content (AvgIpc) is 3.23. The Morgan fingerprint density at radius 3 is 2.44 bits per heavy atom. The Balaban J connectivity index is 1.61. The third-order valence-corrected chi connectivity index (χ3v) is 5.10. The van der Waals surface area contributed by atoms with E-state index in [1.54, 1.807) is 19.3 Å². The van der Waals surface area contributed by atoms with E-state index in [0.29, 0.717) is 16.9 Å². The lowest BCUT2D eigenvalue weighted by molar-refractivity contribution is -0.115. The lowest BCUT2D eigenvalue weighted by atomic mass is 9.87. The maximum absolute atomic E-state index is 12.5. The van der Waals surface area contributed by atoms with Gasteiger partial charge in [0.05, 0.1) is 17.1 Å². The van der Waals surface area contributed by atoms with Crippen LogP contribution in [0.15, 0.2) is 50.7 Å². The van der Waals surface area contributed by atoms with Crippen molar-refractivity contribution in [3.8, 4) is 11.5 Å². The van der Waals surface area contributed by atoms with Crippen molar-refractivity contribution >= 4 is 23.4 Å². The molecule has 0 saturated heterocycles. The van der Waals surface area contributed by atoms with Crippen LogP contribution in [0.2, 0.25) is 0 Å². The molecule has 0 aliphatic rings. The zero-order valence-electron chi connectivity index (χ0n) is 16.1.